The molecule has 1 heterocycles. The summed E-state index contributed by atoms with van der Waals surface area (Å²) in [6.45, 7) is 7.84. The molecule has 0 unspecified atom stereocenters. The molecular formula is C22H28ClN3O2S. The average Bonchev–Trinajstić information content (AvgIpc) is 2.68. The number of sulfonamides is 1. The van der Waals surface area contributed by atoms with Crippen LogP contribution in [0.4, 0.5) is 5.69 Å². The Balaban J connectivity index is 1.62. The Morgan fingerprint density at radius 3 is 2.55 bits per heavy atom. The van der Waals surface area contributed by atoms with E-state index < -0.39 is 10.0 Å². The molecule has 29 heavy (non-hydrogen) atoms. The number of aryl methyl sites for hydroxylation is 2. The topological polar surface area (TPSA) is 61.4 Å². The van der Waals surface area contributed by atoms with Crippen LogP contribution in [0.3, 0.4) is 0 Å². The zero-order valence-electron chi connectivity index (χ0n) is 17.0. The highest BCUT2D eigenvalue weighted by Crippen LogP contribution is 2.34. The molecule has 0 radical (unpaired) electrons. The molecule has 1 saturated heterocycles. The van der Waals surface area contributed by atoms with Crippen molar-refractivity contribution in [2.45, 2.75) is 44.0 Å². The van der Waals surface area contributed by atoms with E-state index in [0.29, 0.717) is 12.0 Å². The monoisotopic (exact) mass is 433 g/mol. The number of halogens is 1. The third kappa shape index (κ3) is 4.17. The van der Waals surface area contributed by atoms with Gasteiger partial charge in [-0.15, -0.1) is 0 Å². The van der Waals surface area contributed by atoms with Crippen molar-refractivity contribution in [1.29, 1.82) is 0 Å². The van der Waals surface area contributed by atoms with Gasteiger partial charge in [0.15, 0.2) is 0 Å². The van der Waals surface area contributed by atoms with Gasteiger partial charge in [-0.1, -0.05) is 29.8 Å². The molecule has 1 aliphatic heterocycles. The Hall–Kier alpha value is -1.60. The fraction of sp³-hybridized carbons (Fsp3) is 0.455. The predicted molar refractivity (Wildman–Crippen MR) is 119 cm³/mol. The third-order valence-electron chi connectivity index (χ3n) is 6.05. The predicted octanol–water partition coefficient (Wildman–Crippen LogP) is 3.20. The van der Waals surface area contributed by atoms with E-state index in [2.05, 4.69) is 34.0 Å². The van der Waals surface area contributed by atoms with E-state index in [0.717, 1.165) is 39.0 Å². The fourth-order valence-corrected chi connectivity index (χ4v) is 6.68. The van der Waals surface area contributed by atoms with E-state index in [1.807, 2.05) is 0 Å². The summed E-state index contributed by atoms with van der Waals surface area (Å²) in [6, 6.07) is 9.46. The zero-order valence-corrected chi connectivity index (χ0v) is 18.5. The summed E-state index contributed by atoms with van der Waals surface area (Å²) >= 11 is 6.23. The summed E-state index contributed by atoms with van der Waals surface area (Å²) in [5, 5.41) is 3.67. The van der Waals surface area contributed by atoms with Gasteiger partial charge in [0, 0.05) is 37.9 Å². The molecule has 4 rings (SSSR count). The van der Waals surface area contributed by atoms with E-state index in [4.69, 9.17) is 11.6 Å². The molecule has 1 aliphatic carbocycles. The first-order valence-corrected chi connectivity index (χ1v) is 12.1. The molecular weight excluding hydrogens is 406 g/mol. The summed E-state index contributed by atoms with van der Waals surface area (Å²) < 4.78 is 29.1. The minimum atomic E-state index is -3.68. The van der Waals surface area contributed by atoms with Gasteiger partial charge in [-0.2, -0.15) is 0 Å². The average molecular weight is 434 g/mol. The SMILES string of the molecule is Cc1ccc(N2CCNCC2)c2c1CC[C@@H](NS(=O)(=O)c1c(C)cccc1Cl)C2. The van der Waals surface area contributed by atoms with Gasteiger partial charge in [0.05, 0.1) is 5.02 Å². The van der Waals surface area contributed by atoms with Crippen molar-refractivity contribution in [1.82, 2.24) is 10.0 Å². The first-order valence-electron chi connectivity index (χ1n) is 10.2. The van der Waals surface area contributed by atoms with E-state index in [1.54, 1.807) is 25.1 Å². The normalized spacial score (nSPS) is 19.8. The highest BCUT2D eigenvalue weighted by atomic mass is 35.5. The first kappa shape index (κ1) is 20.7. The second-order valence-corrected chi connectivity index (χ2v) is 10.1. The maximum Gasteiger partial charge on any atom is 0.242 e. The Labute approximate surface area is 178 Å². The lowest BCUT2D eigenvalue weighted by molar-refractivity contribution is 0.504. The molecule has 0 saturated carbocycles. The largest absolute Gasteiger partial charge is 0.369 e. The standard InChI is InChI=1S/C22H28ClN3O2S/c1-15-6-9-21(26-12-10-24-11-13-26)19-14-17(7-8-18(15)19)25-29(27,28)22-16(2)4-3-5-20(22)23/h3-6,9,17,24-25H,7-8,10-14H2,1-2H3/t17-/m1/s1. The van der Waals surface area contributed by atoms with Gasteiger partial charge in [-0.25, -0.2) is 13.1 Å². The number of hydrogen-bond donors (Lipinski definition) is 2. The Kier molecular flexibility index (Phi) is 5.89. The summed E-state index contributed by atoms with van der Waals surface area (Å²) in [5.41, 5.74) is 5.89. The lowest BCUT2D eigenvalue weighted by Crippen LogP contribution is -2.45. The number of piperazine rings is 1. The molecule has 2 aromatic carbocycles. The molecule has 2 N–H and O–H groups in total. The number of hydrogen-bond acceptors (Lipinski definition) is 4. The molecule has 0 bridgehead atoms. The van der Waals surface area contributed by atoms with E-state index in [1.165, 1.54) is 22.4 Å². The van der Waals surface area contributed by atoms with Crippen LogP contribution in [0.15, 0.2) is 35.2 Å². The lowest BCUT2D eigenvalue weighted by atomic mass is 9.84. The molecule has 0 spiro atoms. The molecule has 0 amide bonds. The van der Waals surface area contributed by atoms with Gasteiger partial charge >= 0.3 is 0 Å². The third-order valence-corrected chi connectivity index (χ3v) is 8.20. The Morgan fingerprint density at radius 2 is 1.83 bits per heavy atom. The van der Waals surface area contributed by atoms with Crippen molar-refractivity contribution in [3.63, 3.8) is 0 Å². The summed E-state index contributed by atoms with van der Waals surface area (Å²) in [4.78, 5) is 2.61. The molecule has 156 valence electrons. The maximum absolute atomic E-state index is 13.1. The smallest absolute Gasteiger partial charge is 0.242 e. The van der Waals surface area contributed by atoms with Crippen molar-refractivity contribution in [3.05, 3.63) is 57.6 Å². The van der Waals surface area contributed by atoms with E-state index in [9.17, 15) is 8.42 Å². The quantitative estimate of drug-likeness (QED) is 0.777. The van der Waals surface area contributed by atoms with Gasteiger partial charge in [0.25, 0.3) is 0 Å². The van der Waals surface area contributed by atoms with Crippen molar-refractivity contribution >= 4 is 27.3 Å². The Bertz CT molecular complexity index is 997. The molecule has 5 nitrogen and oxygen atoms in total. The van der Waals surface area contributed by atoms with Crippen LogP contribution < -0.4 is 14.9 Å². The van der Waals surface area contributed by atoms with Crippen LogP contribution in [0.5, 0.6) is 0 Å². The van der Waals surface area contributed by atoms with E-state index >= 15 is 0 Å². The van der Waals surface area contributed by atoms with Crippen molar-refractivity contribution in [3.8, 4) is 0 Å². The number of benzene rings is 2. The van der Waals surface area contributed by atoms with Gasteiger partial charge in [0.1, 0.15) is 4.90 Å². The second kappa shape index (κ2) is 8.26. The van der Waals surface area contributed by atoms with Crippen LogP contribution >= 0.6 is 11.6 Å². The second-order valence-electron chi connectivity index (χ2n) is 8.04. The summed E-state index contributed by atoms with van der Waals surface area (Å²) in [6.07, 6.45) is 2.39. The van der Waals surface area contributed by atoms with Gasteiger partial charge < -0.3 is 10.2 Å². The van der Waals surface area contributed by atoms with Crippen LogP contribution in [0, 0.1) is 13.8 Å². The molecule has 7 heteroatoms. The van der Waals surface area contributed by atoms with Crippen LogP contribution in [-0.4, -0.2) is 40.6 Å². The van der Waals surface area contributed by atoms with Crippen molar-refractivity contribution in [2.75, 3.05) is 31.1 Å². The highest BCUT2D eigenvalue weighted by Gasteiger charge is 2.29. The van der Waals surface area contributed by atoms with Gasteiger partial charge in [-0.05, 0) is 67.5 Å². The van der Waals surface area contributed by atoms with Crippen molar-refractivity contribution in [2.24, 2.45) is 0 Å². The van der Waals surface area contributed by atoms with Gasteiger partial charge in [-0.3, -0.25) is 0 Å². The molecule has 2 aromatic rings. The van der Waals surface area contributed by atoms with Crippen molar-refractivity contribution < 1.29 is 8.42 Å². The molecule has 0 aromatic heterocycles. The highest BCUT2D eigenvalue weighted by molar-refractivity contribution is 7.89. The number of fused-ring (bicyclic) bond motifs is 1. The number of nitrogens with zero attached hydrogens (tertiary/aromatic N) is 1. The lowest BCUT2D eigenvalue weighted by Gasteiger charge is -2.35. The van der Waals surface area contributed by atoms with Crippen LogP contribution in [0.1, 0.15) is 28.7 Å². The first-order chi connectivity index (χ1) is 13.9. The minimum Gasteiger partial charge on any atom is -0.369 e. The molecule has 1 atom stereocenters. The number of anilines is 1. The van der Waals surface area contributed by atoms with Crippen LogP contribution in [0.2, 0.25) is 5.02 Å². The summed E-state index contributed by atoms with van der Waals surface area (Å²) in [7, 11) is -3.68. The Morgan fingerprint density at radius 1 is 1.07 bits per heavy atom. The van der Waals surface area contributed by atoms with Crippen LogP contribution in [0.25, 0.3) is 0 Å². The number of nitrogens with one attached hydrogen (secondary N) is 2. The maximum atomic E-state index is 13.1. The fourth-order valence-electron chi connectivity index (χ4n) is 4.58. The minimum absolute atomic E-state index is 0.133. The number of rotatable bonds is 4. The zero-order chi connectivity index (χ0) is 20.6. The molecule has 2 aliphatic rings. The summed E-state index contributed by atoms with van der Waals surface area (Å²) in [5.74, 6) is 0. The van der Waals surface area contributed by atoms with E-state index in [-0.39, 0.29) is 16.0 Å². The molecule has 1 fully saturated rings. The van der Waals surface area contributed by atoms with Crippen LogP contribution in [-0.2, 0) is 22.9 Å². The van der Waals surface area contributed by atoms with Gasteiger partial charge in [0.2, 0.25) is 10.0 Å².